The van der Waals surface area contributed by atoms with Crippen molar-refractivity contribution in [2.75, 3.05) is 21.1 Å². The van der Waals surface area contributed by atoms with Gasteiger partial charge in [-0.3, -0.25) is 53.2 Å². The fraction of sp³-hybridized carbons (Fsp3) is 0.219. The van der Waals surface area contributed by atoms with E-state index in [0.717, 1.165) is 57.5 Å². The number of carbonyl (C=O) groups is 7. The van der Waals surface area contributed by atoms with Gasteiger partial charge in [0.25, 0.3) is 17.7 Å². The third-order valence-corrected chi connectivity index (χ3v) is 21.4. The lowest BCUT2D eigenvalue weighted by molar-refractivity contribution is -0.142. The average Bonchev–Trinajstić information content (AvgIpc) is 1.63. The van der Waals surface area contributed by atoms with E-state index in [1.54, 1.807) is 78.4 Å². The molecule has 1 saturated carbocycles. The van der Waals surface area contributed by atoms with Gasteiger partial charge in [0.05, 0.1) is 63.8 Å². The summed E-state index contributed by atoms with van der Waals surface area (Å²) in [5.74, 6) is -10.6. The molecule has 32 heteroatoms. The van der Waals surface area contributed by atoms with E-state index in [-0.39, 0.29) is 89.8 Å². The van der Waals surface area contributed by atoms with Crippen LogP contribution in [-0.4, -0.2) is 91.7 Å². The van der Waals surface area contributed by atoms with Gasteiger partial charge in [0.2, 0.25) is 17.7 Å². The number of rotatable bonds is 28. The predicted octanol–water partition coefficient (Wildman–Crippen LogP) is 18.8. The summed E-state index contributed by atoms with van der Waals surface area (Å²) in [6.07, 6.45) is 3.36. The van der Waals surface area contributed by atoms with Gasteiger partial charge in [0, 0.05) is 108 Å². The number of benzene rings is 8. The van der Waals surface area contributed by atoms with Gasteiger partial charge in [0.1, 0.15) is 64.9 Å². The number of aromatic nitrogens is 6. The predicted molar refractivity (Wildman–Crippen MR) is 457 cm³/mol. The second kappa shape index (κ2) is 41.4. The summed E-state index contributed by atoms with van der Waals surface area (Å²) in [5, 5.41) is 20.9. The van der Waals surface area contributed by atoms with Gasteiger partial charge >= 0.3 is 6.18 Å². The van der Waals surface area contributed by atoms with Crippen molar-refractivity contribution in [1.82, 2.24) is 61.2 Å². The Balaban J connectivity index is 0.000000175. The van der Waals surface area contributed by atoms with Gasteiger partial charge in [-0.05, 0) is 206 Å². The fourth-order valence-corrected chi connectivity index (χ4v) is 15.4. The molecule has 13 aromatic rings. The number of hydrogen-bond acceptors (Lipinski definition) is 11. The Morgan fingerprint density at radius 1 is 0.469 bits per heavy atom. The summed E-state index contributed by atoms with van der Waals surface area (Å²) in [4.78, 5) is 103. The Labute approximate surface area is 731 Å². The Bertz CT molecular complexity index is 6300. The van der Waals surface area contributed by atoms with Gasteiger partial charge in [-0.1, -0.05) is 92.2 Å². The van der Waals surface area contributed by atoms with Crippen molar-refractivity contribution in [2.24, 2.45) is 0 Å². The van der Waals surface area contributed by atoms with E-state index in [9.17, 15) is 86.2 Å². The van der Waals surface area contributed by atoms with Crippen molar-refractivity contribution in [2.45, 2.75) is 115 Å². The van der Waals surface area contributed by atoms with Crippen LogP contribution < -0.4 is 31.9 Å². The van der Waals surface area contributed by atoms with E-state index < -0.39 is 118 Å². The zero-order valence-electron chi connectivity index (χ0n) is 69.5. The third-order valence-electron chi connectivity index (χ3n) is 21.2. The average molecular weight is 1780 g/mol. The van der Waals surface area contributed by atoms with Gasteiger partial charge < -0.3 is 36.5 Å². The molecule has 8 aromatic carbocycles. The monoisotopic (exact) mass is 1780 g/mol. The maximum Gasteiger partial charge on any atom is 0.435 e. The molecule has 0 saturated heterocycles. The van der Waals surface area contributed by atoms with Crippen molar-refractivity contribution in [3.8, 4) is 33.4 Å². The number of pyridine rings is 3. The van der Waals surface area contributed by atoms with Crippen molar-refractivity contribution in [3.05, 3.63) is 355 Å². The van der Waals surface area contributed by atoms with Gasteiger partial charge in [0.15, 0.2) is 11.5 Å². The van der Waals surface area contributed by atoms with Crippen molar-refractivity contribution in [3.63, 3.8) is 0 Å². The van der Waals surface area contributed by atoms with Crippen LogP contribution in [0.3, 0.4) is 0 Å². The number of alkyl halides is 3. The topological polar surface area (TPSA) is 253 Å². The molecule has 1 aliphatic rings. The number of halogens is 13. The molecule has 1 unspecified atom stereocenters. The Hall–Kier alpha value is -14.1. The van der Waals surface area contributed by atoms with E-state index >= 15 is 0 Å². The molecule has 660 valence electrons. The number of nitrogens with one attached hydrogen (secondary N) is 6. The van der Waals surface area contributed by atoms with Crippen LogP contribution in [0.2, 0.25) is 5.02 Å². The standard InChI is InChI=1S/C35H31F3N4O3.C32H29F6N5O2.C29H23ClF3N3O2/c1-4-22-7-5-8-27-29(20(2)43)18-42(34(22)27)19-32(44)41-31(15-21-13-24(36)17-25(37)14-21)33-26(9-6-12-40-33)23-10-11-30(38)28(16-23)35(45)39-3;1-3-26(43-27(18-6-7-18)16-28(42-43)32(36,37)38)31(45)41-25(13-17-11-20(33)15-21(34)12-17)29-22(5-4-10-40-29)19-8-9-24(35)23(14-19)30(44)39-2;1-34-29(38)24-15-19(7-8-25(24)33)23-6-3-9-35-28(23)26(13-18-11-21(31)16-22(32)12-18)36-27(37)14-17-4-2-5-20(30)10-17/h5-14,16-18,31H,4,15,19H2,1-3H3,(H,39,45)(H,41,44);4-5,8-12,14-16,18,25-26H,3,6-7,13H2,1-2H3,(H,39,44)(H,41,45);2-12,15-16,26H,13-14H2,1H3,(H,34,38)(H,36,37)/t31-;25-,26?;26-/m000/s1. The smallest absolute Gasteiger partial charge is 0.355 e. The maximum absolute atomic E-state index is 14.5. The molecule has 128 heavy (non-hydrogen) atoms. The summed E-state index contributed by atoms with van der Waals surface area (Å²) in [6.45, 7) is 4.95. The molecule has 0 spiro atoms. The molecule has 5 aromatic heterocycles. The third kappa shape index (κ3) is 22.9. The normalized spacial score (nSPS) is 12.7. The molecule has 0 radical (unpaired) electrons. The lowest BCUT2D eigenvalue weighted by atomic mass is 9.94. The number of amides is 6. The highest BCUT2D eigenvalue weighted by atomic mass is 35.5. The van der Waals surface area contributed by atoms with Crippen molar-refractivity contribution < 1.29 is 86.2 Å². The SMILES string of the molecule is CCC(C(=O)N[C@@H](Cc1cc(F)cc(F)c1)c1ncccc1-c1ccc(F)c(C(=O)NC)c1)n1nc(C(F)(F)F)cc1C1CC1.CCc1cccc2c(C(C)=O)cn(CC(=O)N[C@@H](Cc3cc(F)cc(F)c3)c3ncccc3-c3ccc(F)c(C(=O)NC)c3)c12.CNC(=O)c1cc(-c2cccnc2[C@H](Cc2cc(F)cc(F)c2)NC(=O)Cc2cccc(Cl)c2)ccc1F. The van der Waals surface area contributed by atoms with Crippen LogP contribution in [-0.2, 0) is 59.2 Å². The zero-order valence-corrected chi connectivity index (χ0v) is 70.2. The number of fused-ring (bicyclic) bond motifs is 1. The summed E-state index contributed by atoms with van der Waals surface area (Å²) in [5.41, 5.74) is 5.94. The number of ketones is 1. The molecule has 5 heterocycles. The van der Waals surface area contributed by atoms with Crippen LogP contribution in [0.5, 0.6) is 0 Å². The highest BCUT2D eigenvalue weighted by Gasteiger charge is 2.41. The van der Waals surface area contributed by atoms with Crippen LogP contribution in [0.1, 0.15) is 168 Å². The largest absolute Gasteiger partial charge is 0.435 e. The minimum atomic E-state index is -4.71. The maximum atomic E-state index is 14.5. The van der Waals surface area contributed by atoms with E-state index in [1.807, 2.05) is 25.1 Å². The van der Waals surface area contributed by atoms with E-state index in [0.29, 0.717) is 97.5 Å². The molecule has 14 rings (SSSR count). The minimum absolute atomic E-state index is 0.00804. The van der Waals surface area contributed by atoms with Gasteiger partial charge in [-0.2, -0.15) is 18.3 Å². The number of hydrogen-bond donors (Lipinski definition) is 6. The molecule has 6 N–H and O–H groups in total. The second-order valence-electron chi connectivity index (χ2n) is 30.2. The number of Topliss-reactive ketones (excluding diaryl/α,β-unsaturated/α-hetero) is 1. The number of para-hydroxylation sites is 1. The van der Waals surface area contributed by atoms with Gasteiger partial charge in [-0.25, -0.2) is 39.5 Å². The Morgan fingerprint density at radius 3 is 1.27 bits per heavy atom. The highest BCUT2D eigenvalue weighted by Crippen LogP contribution is 2.44. The molecular weight excluding hydrogens is 1700 g/mol. The first-order chi connectivity index (χ1) is 61.2. The van der Waals surface area contributed by atoms with Gasteiger partial charge in [-0.15, -0.1) is 0 Å². The van der Waals surface area contributed by atoms with Crippen LogP contribution >= 0.6 is 11.6 Å². The van der Waals surface area contributed by atoms with Crippen LogP contribution in [0.4, 0.5) is 52.7 Å². The summed E-state index contributed by atoms with van der Waals surface area (Å²) >= 11 is 6.04. The number of aryl methyl sites for hydroxylation is 1. The van der Waals surface area contributed by atoms with Crippen LogP contribution in [0, 0.1) is 52.4 Å². The van der Waals surface area contributed by atoms with Crippen molar-refractivity contribution >= 4 is 63.7 Å². The molecular formula is C96H83ClF12N12O7. The first-order valence-electron chi connectivity index (χ1n) is 40.4. The molecule has 6 amide bonds. The molecule has 0 aliphatic heterocycles. The Morgan fingerprint density at radius 2 is 0.883 bits per heavy atom. The second-order valence-corrected chi connectivity index (χ2v) is 30.6. The molecule has 1 aliphatic carbocycles. The van der Waals surface area contributed by atoms with Crippen molar-refractivity contribution in [1.29, 1.82) is 0 Å². The summed E-state index contributed by atoms with van der Waals surface area (Å²) in [6, 6.07) is 40.6. The molecule has 1 fully saturated rings. The lowest BCUT2D eigenvalue weighted by Crippen LogP contribution is -2.37. The lowest BCUT2D eigenvalue weighted by Gasteiger charge is -2.25. The Kier molecular flexibility index (Phi) is 30.1. The quantitative estimate of drug-likeness (QED) is 0.0199. The van der Waals surface area contributed by atoms with Crippen LogP contribution in [0.15, 0.2) is 219 Å². The van der Waals surface area contributed by atoms with E-state index in [1.165, 1.54) is 119 Å². The zero-order chi connectivity index (χ0) is 91.9. The molecule has 0 bridgehead atoms. The minimum Gasteiger partial charge on any atom is -0.355 e. The molecule has 19 nitrogen and oxygen atoms in total. The molecule has 4 atom stereocenters. The number of carbonyl (C=O) groups excluding carboxylic acids is 7. The van der Waals surface area contributed by atoms with Crippen LogP contribution in [0.25, 0.3) is 44.3 Å². The first-order valence-corrected chi connectivity index (χ1v) is 40.8. The fourth-order valence-electron chi connectivity index (χ4n) is 15.2. The van der Waals surface area contributed by atoms with E-state index in [4.69, 9.17) is 11.6 Å². The summed E-state index contributed by atoms with van der Waals surface area (Å²) in [7, 11) is 4.14. The van der Waals surface area contributed by atoms with E-state index in [2.05, 4.69) is 52.0 Å². The summed E-state index contributed by atoms with van der Waals surface area (Å²) < 4.78 is 172. The first kappa shape index (κ1) is 93.1. The number of nitrogens with zero attached hydrogens (tertiary/aromatic N) is 6. The highest BCUT2D eigenvalue weighted by molar-refractivity contribution is 6.30.